The van der Waals surface area contributed by atoms with Gasteiger partial charge in [0.2, 0.25) is 0 Å². The molecule has 0 amide bonds. The van der Waals surface area contributed by atoms with E-state index in [-0.39, 0.29) is 0 Å². The summed E-state index contributed by atoms with van der Waals surface area (Å²) in [7, 11) is 0. The summed E-state index contributed by atoms with van der Waals surface area (Å²) in [6.45, 7) is 17.7. The summed E-state index contributed by atoms with van der Waals surface area (Å²) in [5.41, 5.74) is 19.2. The van der Waals surface area contributed by atoms with Crippen molar-refractivity contribution in [3.05, 3.63) is 442 Å². The summed E-state index contributed by atoms with van der Waals surface area (Å²) in [6.07, 6.45) is 0. The van der Waals surface area contributed by atoms with Crippen LogP contribution in [0.4, 0.5) is 0 Å². The molecule has 0 atom stereocenters. The molecule has 0 radical (unpaired) electrons. The standard InChI is InChI=1S/2C47H32O3.C11H11N3.C6H9N3/c1-29-11-19-33(20-12-29)48-35-23-15-31-17-25-43-45(39(31)27-35)50-46-40-28-36(49-34-21-13-30(2)14-22-34)24-16-32(40)18-26-44(46)47(43)41-9-5-3-7-37(41)38-8-4-6-10-42(38)47;1-29-11-17-33(18-12-29)48-35-21-23-37-31(27-35)15-25-43-45(37)50-46-38-24-22-36(49-34-19-13-30(2)14-20-34)28-32(38)16-26-44(46)47(43)41-9-5-3-7-39(41)40-8-4-6-10-42(40)47;1-8-12-9(2)14-11(13-8)10-6-4-3-5-7-10;1-4-7-5(2)9-6(3)8-4/h2*3-28H,1-2H3;3-7H,1-2H3;1-3H3. The summed E-state index contributed by atoms with van der Waals surface area (Å²) >= 11 is 0. The Kier molecular flexibility index (Phi) is 19.5. The van der Waals surface area contributed by atoms with Gasteiger partial charge in [0.1, 0.15) is 98.1 Å². The quantitative estimate of drug-likeness (QED) is 0.136. The van der Waals surface area contributed by atoms with E-state index in [0.29, 0.717) is 0 Å². The zero-order valence-corrected chi connectivity index (χ0v) is 69.5. The Labute approximate surface area is 714 Å². The number of aromatic nitrogens is 6. The lowest BCUT2D eigenvalue weighted by molar-refractivity contribution is 0.445. The van der Waals surface area contributed by atoms with Crippen molar-refractivity contribution in [2.45, 2.75) is 73.1 Å². The minimum atomic E-state index is -0.597. The number of hydrogen-bond donors (Lipinski definition) is 0. The van der Waals surface area contributed by atoms with Gasteiger partial charge in [0, 0.05) is 49.4 Å². The van der Waals surface area contributed by atoms with E-state index in [9.17, 15) is 0 Å². The maximum absolute atomic E-state index is 7.25. The second-order valence-corrected chi connectivity index (χ2v) is 31.9. The first-order valence-corrected chi connectivity index (χ1v) is 41.5. The second-order valence-electron chi connectivity index (χ2n) is 31.9. The molecule has 0 unspecified atom stereocenters. The Balaban J connectivity index is 0.000000124. The summed E-state index contributed by atoms with van der Waals surface area (Å²) in [5.74, 6) is 14.4. The molecule has 594 valence electrons. The van der Waals surface area contributed by atoms with Gasteiger partial charge >= 0.3 is 0 Å². The zero-order valence-electron chi connectivity index (χ0n) is 69.5. The molecule has 0 saturated heterocycles. The molecular weight excluding hydrogens is 1510 g/mol. The van der Waals surface area contributed by atoms with Crippen LogP contribution in [0.3, 0.4) is 0 Å². The van der Waals surface area contributed by atoms with Gasteiger partial charge in [0.05, 0.1) is 10.8 Å². The molecule has 2 spiro atoms. The largest absolute Gasteiger partial charge is 0.457 e. The van der Waals surface area contributed by atoms with Crippen molar-refractivity contribution in [2.24, 2.45) is 0 Å². The molecule has 4 aliphatic rings. The Morgan fingerprint density at radius 2 is 0.455 bits per heavy atom. The molecule has 17 aromatic carbocycles. The van der Waals surface area contributed by atoms with E-state index in [1.54, 1.807) is 0 Å². The van der Waals surface area contributed by atoms with Crippen molar-refractivity contribution in [2.75, 3.05) is 0 Å². The zero-order chi connectivity index (χ0) is 83.6. The predicted molar refractivity (Wildman–Crippen MR) is 491 cm³/mol. The predicted octanol–water partition coefficient (Wildman–Crippen LogP) is 28.3. The third-order valence-electron chi connectivity index (χ3n) is 23.6. The molecule has 0 fully saturated rings. The van der Waals surface area contributed by atoms with E-state index in [2.05, 4.69) is 300 Å². The van der Waals surface area contributed by atoms with Crippen LogP contribution in [0.25, 0.3) is 76.7 Å². The molecule has 19 aromatic rings. The van der Waals surface area contributed by atoms with Crippen LogP contribution in [0.5, 0.6) is 69.0 Å². The first-order valence-electron chi connectivity index (χ1n) is 41.5. The van der Waals surface area contributed by atoms with Gasteiger partial charge in [0.25, 0.3) is 0 Å². The first-order chi connectivity index (χ1) is 60.0. The van der Waals surface area contributed by atoms with Gasteiger partial charge in [-0.3, -0.25) is 0 Å². The highest BCUT2D eigenvalue weighted by atomic mass is 16.5. The van der Waals surface area contributed by atoms with E-state index in [4.69, 9.17) is 28.4 Å². The van der Waals surface area contributed by atoms with Crippen LogP contribution >= 0.6 is 0 Å². The third-order valence-corrected chi connectivity index (χ3v) is 23.6. The van der Waals surface area contributed by atoms with E-state index in [1.165, 1.54) is 66.8 Å². The van der Waals surface area contributed by atoms with Crippen LogP contribution in [0.1, 0.15) is 95.9 Å². The Hall–Kier alpha value is -15.4. The Morgan fingerprint density at radius 1 is 0.203 bits per heavy atom. The highest BCUT2D eigenvalue weighted by Crippen LogP contribution is 2.66. The monoisotopic (exact) mass is 1600 g/mol. The van der Waals surface area contributed by atoms with E-state index in [1.807, 2.05) is 138 Å². The molecular formula is C111H84N6O6. The molecule has 0 N–H and O–H groups in total. The maximum Gasteiger partial charge on any atom is 0.163 e. The highest BCUT2D eigenvalue weighted by molar-refractivity contribution is 6.03. The molecule has 12 nitrogen and oxygen atoms in total. The van der Waals surface area contributed by atoms with Gasteiger partial charge in [-0.05, 0) is 238 Å². The van der Waals surface area contributed by atoms with Crippen LogP contribution in [-0.4, -0.2) is 29.9 Å². The van der Waals surface area contributed by atoms with Crippen molar-refractivity contribution >= 4 is 43.1 Å². The molecule has 2 aliphatic heterocycles. The van der Waals surface area contributed by atoms with Gasteiger partial charge in [-0.2, -0.15) is 0 Å². The number of fused-ring (bicyclic) bond motifs is 26. The highest BCUT2D eigenvalue weighted by Gasteiger charge is 2.54. The summed E-state index contributed by atoms with van der Waals surface area (Å²) in [4.78, 5) is 24.7. The van der Waals surface area contributed by atoms with Crippen molar-refractivity contribution in [1.82, 2.24) is 29.9 Å². The Morgan fingerprint density at radius 3 is 0.780 bits per heavy atom. The van der Waals surface area contributed by atoms with Gasteiger partial charge in [-0.15, -0.1) is 0 Å². The molecule has 0 bridgehead atoms. The van der Waals surface area contributed by atoms with Crippen molar-refractivity contribution < 1.29 is 28.4 Å². The molecule has 2 aromatic heterocycles. The minimum absolute atomic E-state index is 0.563. The molecule has 2 aliphatic carbocycles. The number of nitrogens with zero attached hydrogens (tertiary/aromatic N) is 6. The van der Waals surface area contributed by atoms with Gasteiger partial charge in [-0.25, -0.2) is 29.9 Å². The van der Waals surface area contributed by atoms with Crippen LogP contribution in [0.2, 0.25) is 0 Å². The van der Waals surface area contributed by atoms with E-state index < -0.39 is 10.8 Å². The SMILES string of the molecule is Cc1ccc(Oc2ccc3c4c(ccc3c2)C2(c3ccccc3-c3ccccc32)c2ccc3cc(Oc5ccc(C)cc5)ccc3c2O4)cc1.Cc1ccc(Oc2ccc3ccc4c(c3c2)Oc2c(ccc3ccc(Oc5ccc(C)cc5)cc23)C42c3ccccc3-c3ccccc32)cc1.Cc1nc(C)nc(-c2ccccc2)n1.Cc1nc(C)nc(C)n1. The lowest BCUT2D eigenvalue weighted by Crippen LogP contribution is -2.32. The fourth-order valence-corrected chi connectivity index (χ4v) is 18.2. The second kappa shape index (κ2) is 31.4. The van der Waals surface area contributed by atoms with Crippen molar-refractivity contribution in [3.63, 3.8) is 0 Å². The van der Waals surface area contributed by atoms with Crippen LogP contribution in [0.15, 0.2) is 346 Å². The average molecular weight is 1600 g/mol. The fraction of sp³-hybridized carbons (Fsp3) is 0.0991. The van der Waals surface area contributed by atoms with Crippen LogP contribution in [-0.2, 0) is 10.8 Å². The minimum Gasteiger partial charge on any atom is -0.457 e. The number of aryl methyl sites for hydroxylation is 9. The molecule has 12 heteroatoms. The smallest absolute Gasteiger partial charge is 0.163 e. The van der Waals surface area contributed by atoms with Crippen molar-refractivity contribution in [3.8, 4) is 103 Å². The average Bonchev–Trinajstić information content (AvgIpc) is 1.55. The Bertz CT molecular complexity index is 6920. The molecule has 23 rings (SSSR count). The lowest BCUT2D eigenvalue weighted by atomic mass is 9.65. The van der Waals surface area contributed by atoms with Crippen molar-refractivity contribution in [1.29, 1.82) is 0 Å². The normalized spacial score (nSPS) is 12.7. The van der Waals surface area contributed by atoms with E-state index in [0.717, 1.165) is 175 Å². The van der Waals surface area contributed by atoms with Crippen LogP contribution in [0, 0.1) is 62.3 Å². The number of ether oxygens (including phenoxy) is 6. The van der Waals surface area contributed by atoms with Gasteiger partial charge < -0.3 is 28.4 Å². The van der Waals surface area contributed by atoms with Gasteiger partial charge in [0.15, 0.2) is 5.82 Å². The number of rotatable bonds is 9. The molecule has 123 heavy (non-hydrogen) atoms. The maximum atomic E-state index is 7.25. The summed E-state index contributed by atoms with van der Waals surface area (Å²) in [6, 6.07) is 121. The van der Waals surface area contributed by atoms with E-state index >= 15 is 0 Å². The molecule has 4 heterocycles. The lowest BCUT2D eigenvalue weighted by Gasteiger charge is -2.40. The molecule has 0 saturated carbocycles. The fourth-order valence-electron chi connectivity index (χ4n) is 18.2. The topological polar surface area (TPSA) is 133 Å². The number of hydrogen-bond acceptors (Lipinski definition) is 12. The van der Waals surface area contributed by atoms with Crippen LogP contribution < -0.4 is 28.4 Å². The number of benzene rings is 17. The third kappa shape index (κ3) is 14.0. The summed E-state index contributed by atoms with van der Waals surface area (Å²) in [5, 5.41) is 8.37. The summed E-state index contributed by atoms with van der Waals surface area (Å²) < 4.78 is 39.8. The first kappa shape index (κ1) is 76.3. The van der Waals surface area contributed by atoms with Gasteiger partial charge in [-0.1, -0.05) is 259 Å².